The molecule has 4 nitrogen and oxygen atoms in total. The van der Waals surface area contributed by atoms with E-state index in [1.807, 2.05) is 6.92 Å². The van der Waals surface area contributed by atoms with Crippen molar-refractivity contribution in [2.75, 3.05) is 6.61 Å². The van der Waals surface area contributed by atoms with Crippen molar-refractivity contribution in [3.05, 3.63) is 24.0 Å². The van der Waals surface area contributed by atoms with Gasteiger partial charge < -0.3 is 10.2 Å². The summed E-state index contributed by atoms with van der Waals surface area (Å²) in [5.74, 6) is -0.173. The summed E-state index contributed by atoms with van der Waals surface area (Å²) in [6.45, 7) is 9.90. The van der Waals surface area contributed by atoms with E-state index in [2.05, 4.69) is 20.4 Å². The number of ketones is 2. The van der Waals surface area contributed by atoms with E-state index < -0.39 is 12.0 Å². The summed E-state index contributed by atoms with van der Waals surface area (Å²) in [6, 6.07) is 0. The molecule has 3 aliphatic carbocycles. The first-order chi connectivity index (χ1) is 11.1. The quantitative estimate of drug-likeness (QED) is 0.760. The summed E-state index contributed by atoms with van der Waals surface area (Å²) in [7, 11) is 0. The smallest absolute Gasteiger partial charge is 0.222 e. The second-order valence-corrected chi connectivity index (χ2v) is 8.84. The summed E-state index contributed by atoms with van der Waals surface area (Å²) in [5.41, 5.74) is -0.324. The van der Waals surface area contributed by atoms with Gasteiger partial charge in [0.15, 0.2) is 11.5 Å². The van der Waals surface area contributed by atoms with E-state index in [0.29, 0.717) is 11.5 Å². The molecule has 0 aromatic rings. The van der Waals surface area contributed by atoms with Crippen molar-refractivity contribution in [2.24, 2.45) is 28.1 Å². The Kier molecular flexibility index (Phi) is 3.83. The summed E-state index contributed by atoms with van der Waals surface area (Å²) in [6.07, 6.45) is 5.89. The van der Waals surface area contributed by atoms with Crippen LogP contribution in [0, 0.1) is 28.1 Å². The van der Waals surface area contributed by atoms with Crippen molar-refractivity contribution in [1.29, 1.82) is 0 Å². The van der Waals surface area contributed by atoms with Gasteiger partial charge in [-0.2, -0.15) is 0 Å². The van der Waals surface area contributed by atoms with E-state index in [9.17, 15) is 19.8 Å². The third-order valence-electron chi connectivity index (χ3n) is 7.59. The molecule has 0 bridgehead atoms. The Morgan fingerprint density at radius 2 is 1.96 bits per heavy atom. The lowest BCUT2D eigenvalue weighted by Gasteiger charge is -2.61. The fourth-order valence-electron chi connectivity index (χ4n) is 5.63. The zero-order valence-corrected chi connectivity index (χ0v) is 14.9. The number of fused-ring (bicyclic) bond motifs is 3. The van der Waals surface area contributed by atoms with Gasteiger partial charge in [-0.25, -0.2) is 0 Å². The molecule has 0 spiro atoms. The molecular weight excluding hydrogens is 304 g/mol. The Bertz CT molecular complexity index is 648. The third-order valence-corrected chi connectivity index (χ3v) is 7.59. The highest BCUT2D eigenvalue weighted by atomic mass is 16.3. The fraction of sp³-hybridized carbons (Fsp3) is 0.700. The summed E-state index contributed by atoms with van der Waals surface area (Å²) >= 11 is 0. The van der Waals surface area contributed by atoms with Gasteiger partial charge in [-0.1, -0.05) is 27.4 Å². The molecule has 2 saturated carbocycles. The number of Topliss-reactive ketones (excluding diaryl/α,β-unsaturated/α-hetero) is 2. The van der Waals surface area contributed by atoms with Crippen molar-refractivity contribution >= 4 is 11.6 Å². The van der Waals surface area contributed by atoms with Gasteiger partial charge in [0.2, 0.25) is 5.78 Å². The Morgan fingerprint density at radius 1 is 1.29 bits per heavy atom. The van der Waals surface area contributed by atoms with Crippen LogP contribution in [-0.2, 0) is 9.59 Å². The van der Waals surface area contributed by atoms with E-state index >= 15 is 0 Å². The van der Waals surface area contributed by atoms with Gasteiger partial charge in [-0.05, 0) is 55.4 Å². The van der Waals surface area contributed by atoms with E-state index in [0.717, 1.165) is 32.1 Å². The van der Waals surface area contributed by atoms with Gasteiger partial charge in [0.25, 0.3) is 0 Å². The fourth-order valence-corrected chi connectivity index (χ4v) is 5.63. The number of aliphatic hydroxyl groups is 2. The molecule has 0 unspecified atom stereocenters. The Hall–Kier alpha value is -1.42. The highest BCUT2D eigenvalue weighted by Crippen LogP contribution is 2.65. The van der Waals surface area contributed by atoms with Crippen LogP contribution in [0.15, 0.2) is 24.0 Å². The second kappa shape index (κ2) is 5.29. The first kappa shape index (κ1) is 17.4. The largest absolute Gasteiger partial charge is 0.504 e. The number of rotatable bonds is 2. The number of hydrogen-bond acceptors (Lipinski definition) is 4. The first-order valence-electron chi connectivity index (χ1n) is 8.87. The van der Waals surface area contributed by atoms with Gasteiger partial charge >= 0.3 is 0 Å². The van der Waals surface area contributed by atoms with Gasteiger partial charge in [0.1, 0.15) is 6.61 Å². The maximum absolute atomic E-state index is 12.2. The molecule has 3 aliphatic rings. The molecule has 2 N–H and O–H groups in total. The van der Waals surface area contributed by atoms with Crippen LogP contribution in [0.4, 0.5) is 0 Å². The Balaban J connectivity index is 1.99. The summed E-state index contributed by atoms with van der Waals surface area (Å²) in [4.78, 5) is 24.4. The van der Waals surface area contributed by atoms with Crippen LogP contribution in [0.25, 0.3) is 0 Å². The minimum atomic E-state index is -0.458. The van der Waals surface area contributed by atoms with Crippen molar-refractivity contribution in [3.63, 3.8) is 0 Å². The Labute approximate surface area is 143 Å². The number of hydrogen-bond donors (Lipinski definition) is 2. The zero-order chi connectivity index (χ0) is 17.9. The van der Waals surface area contributed by atoms with Gasteiger partial charge in [0, 0.05) is 16.4 Å². The van der Waals surface area contributed by atoms with Crippen LogP contribution in [0.3, 0.4) is 0 Å². The predicted molar refractivity (Wildman–Crippen MR) is 91.3 cm³/mol. The van der Waals surface area contributed by atoms with Gasteiger partial charge in [0.05, 0.1) is 0 Å². The number of carbonyl (C=O) groups excluding carboxylic acids is 2. The molecule has 24 heavy (non-hydrogen) atoms. The molecule has 2 fully saturated rings. The highest BCUT2D eigenvalue weighted by molar-refractivity contribution is 6.08. The molecule has 132 valence electrons. The lowest BCUT2D eigenvalue weighted by molar-refractivity contribution is -0.142. The molecule has 0 saturated heterocycles. The standard InChI is InChI=1S/C20H28O4/c1-12-17(24)14(22)9-15-19(12,3)6-5-13-10-18(2,16(23)11-21)7-8-20(13,15)4/h9,13,15,21-22H,1,5-8,10-11H2,2-4H3/t13-,15-,18-,19+,20+/m0/s1. The van der Waals surface area contributed by atoms with Crippen LogP contribution in [0.1, 0.15) is 52.9 Å². The van der Waals surface area contributed by atoms with Crippen LogP contribution in [0.2, 0.25) is 0 Å². The molecule has 0 aromatic carbocycles. The van der Waals surface area contributed by atoms with Crippen LogP contribution < -0.4 is 0 Å². The molecule has 5 atom stereocenters. The maximum atomic E-state index is 12.2. The van der Waals surface area contributed by atoms with Gasteiger partial charge in [-0.15, -0.1) is 0 Å². The van der Waals surface area contributed by atoms with Crippen molar-refractivity contribution in [2.45, 2.75) is 52.9 Å². The molecule has 4 heteroatoms. The first-order valence-corrected chi connectivity index (χ1v) is 8.87. The summed E-state index contributed by atoms with van der Waals surface area (Å²) < 4.78 is 0. The number of carbonyl (C=O) groups is 2. The molecule has 0 radical (unpaired) electrons. The average Bonchev–Trinajstić information content (AvgIpc) is 2.56. The SMILES string of the molecule is C=C1C(=O)C(O)=C[C@@H]2[C@]3(C)CC[C@](C)(C(=O)CO)C[C@@H]3CC[C@]12C. The monoisotopic (exact) mass is 332 g/mol. The summed E-state index contributed by atoms with van der Waals surface area (Å²) in [5, 5.41) is 19.4. The second-order valence-electron chi connectivity index (χ2n) is 8.84. The molecule has 0 heterocycles. The molecule has 0 amide bonds. The Morgan fingerprint density at radius 3 is 2.58 bits per heavy atom. The van der Waals surface area contributed by atoms with Crippen molar-refractivity contribution in [1.82, 2.24) is 0 Å². The van der Waals surface area contributed by atoms with E-state index in [1.165, 1.54) is 0 Å². The van der Waals surface area contributed by atoms with E-state index in [1.54, 1.807) is 6.08 Å². The van der Waals surface area contributed by atoms with Crippen LogP contribution in [-0.4, -0.2) is 28.4 Å². The topological polar surface area (TPSA) is 74.6 Å². The zero-order valence-electron chi connectivity index (χ0n) is 14.9. The van der Waals surface area contributed by atoms with Gasteiger partial charge in [-0.3, -0.25) is 9.59 Å². The third kappa shape index (κ3) is 2.15. The van der Waals surface area contributed by atoms with Crippen LogP contribution >= 0.6 is 0 Å². The average molecular weight is 332 g/mol. The number of allylic oxidation sites excluding steroid dienone is 2. The minimum absolute atomic E-state index is 0.0581. The van der Waals surface area contributed by atoms with E-state index in [-0.39, 0.29) is 34.1 Å². The lowest BCUT2D eigenvalue weighted by Crippen LogP contribution is -2.55. The number of aliphatic hydroxyl groups excluding tert-OH is 2. The minimum Gasteiger partial charge on any atom is -0.504 e. The highest BCUT2D eigenvalue weighted by Gasteiger charge is 2.60. The molecule has 0 aliphatic heterocycles. The normalized spacial score (nSPS) is 45.2. The van der Waals surface area contributed by atoms with Crippen molar-refractivity contribution in [3.8, 4) is 0 Å². The van der Waals surface area contributed by atoms with Crippen molar-refractivity contribution < 1.29 is 19.8 Å². The van der Waals surface area contributed by atoms with E-state index in [4.69, 9.17) is 0 Å². The lowest BCUT2D eigenvalue weighted by atomic mass is 9.43. The molecular formula is C20H28O4. The molecule has 0 aromatic heterocycles. The maximum Gasteiger partial charge on any atom is 0.222 e. The van der Waals surface area contributed by atoms with Crippen LogP contribution in [0.5, 0.6) is 0 Å². The predicted octanol–water partition coefficient (Wildman–Crippen LogP) is 3.36. The molecule has 3 rings (SSSR count).